The predicted octanol–water partition coefficient (Wildman–Crippen LogP) is 1.83. The van der Waals surface area contributed by atoms with Crippen molar-refractivity contribution in [1.82, 2.24) is 4.31 Å². The highest BCUT2D eigenvalue weighted by Gasteiger charge is 2.24. The maximum Gasteiger partial charge on any atom is 0.304 e. The molecule has 0 unspecified atom stereocenters. The van der Waals surface area contributed by atoms with Crippen molar-refractivity contribution in [3.05, 3.63) is 23.2 Å². The van der Waals surface area contributed by atoms with Crippen molar-refractivity contribution in [3.63, 3.8) is 0 Å². The Labute approximate surface area is 123 Å². The molecular weight excluding hydrogens is 306 g/mol. The lowest BCUT2D eigenvalue weighted by molar-refractivity contribution is -0.137. The highest BCUT2D eigenvalue weighted by atomic mass is 35.5. The van der Waals surface area contributed by atoms with Gasteiger partial charge >= 0.3 is 5.97 Å². The van der Waals surface area contributed by atoms with Crippen LogP contribution in [0, 0.1) is 0 Å². The summed E-state index contributed by atoms with van der Waals surface area (Å²) in [6.45, 7) is 1.74. The second-order valence-electron chi connectivity index (χ2n) is 3.94. The number of ether oxygens (including phenoxy) is 1. The van der Waals surface area contributed by atoms with Crippen molar-refractivity contribution in [1.29, 1.82) is 0 Å². The molecule has 20 heavy (non-hydrogen) atoms. The lowest BCUT2D eigenvalue weighted by Gasteiger charge is -2.20. The van der Waals surface area contributed by atoms with Crippen molar-refractivity contribution in [2.24, 2.45) is 0 Å². The summed E-state index contributed by atoms with van der Waals surface area (Å²) in [4.78, 5) is 10.6. The highest BCUT2D eigenvalue weighted by molar-refractivity contribution is 7.89. The van der Waals surface area contributed by atoms with Gasteiger partial charge in [-0.25, -0.2) is 8.42 Å². The van der Waals surface area contributed by atoms with E-state index >= 15 is 0 Å². The molecule has 0 atom stereocenters. The number of hydrogen-bond acceptors (Lipinski definition) is 4. The van der Waals surface area contributed by atoms with Crippen molar-refractivity contribution in [3.8, 4) is 5.75 Å². The van der Waals surface area contributed by atoms with Gasteiger partial charge in [0.25, 0.3) is 0 Å². The number of carboxylic acid groups (broad SMARTS) is 1. The van der Waals surface area contributed by atoms with Gasteiger partial charge in [0.2, 0.25) is 10.0 Å². The SMILES string of the molecule is CCN(CCC(=O)O)S(=O)(=O)c1ccc(Cl)c(OC)c1. The quantitative estimate of drug-likeness (QED) is 0.828. The van der Waals surface area contributed by atoms with Gasteiger partial charge in [-0.05, 0) is 12.1 Å². The van der Waals surface area contributed by atoms with Gasteiger partial charge in [-0.1, -0.05) is 18.5 Å². The topological polar surface area (TPSA) is 83.9 Å². The van der Waals surface area contributed by atoms with E-state index < -0.39 is 16.0 Å². The number of benzene rings is 1. The molecule has 1 aromatic carbocycles. The number of halogens is 1. The first-order valence-corrected chi connectivity index (χ1v) is 7.70. The second-order valence-corrected chi connectivity index (χ2v) is 6.28. The van der Waals surface area contributed by atoms with Crippen LogP contribution in [0.1, 0.15) is 13.3 Å². The van der Waals surface area contributed by atoms with E-state index in [2.05, 4.69) is 0 Å². The summed E-state index contributed by atoms with van der Waals surface area (Å²) in [5.41, 5.74) is 0. The van der Waals surface area contributed by atoms with Crippen LogP contribution < -0.4 is 4.74 Å². The molecule has 0 aliphatic carbocycles. The zero-order chi connectivity index (χ0) is 15.3. The van der Waals surface area contributed by atoms with Crippen molar-refractivity contribution >= 4 is 27.6 Å². The van der Waals surface area contributed by atoms with E-state index in [1.54, 1.807) is 6.92 Å². The van der Waals surface area contributed by atoms with E-state index in [1.165, 1.54) is 25.3 Å². The fraction of sp³-hybridized carbons (Fsp3) is 0.417. The van der Waals surface area contributed by atoms with Crippen LogP contribution in [0.3, 0.4) is 0 Å². The average molecular weight is 322 g/mol. The van der Waals surface area contributed by atoms with E-state index in [0.29, 0.717) is 5.02 Å². The van der Waals surface area contributed by atoms with Gasteiger partial charge < -0.3 is 9.84 Å². The number of nitrogens with zero attached hydrogens (tertiary/aromatic N) is 1. The number of aliphatic carboxylic acids is 1. The van der Waals surface area contributed by atoms with Crippen LogP contribution in [-0.2, 0) is 14.8 Å². The molecule has 0 fully saturated rings. The van der Waals surface area contributed by atoms with E-state index in [0.717, 1.165) is 4.31 Å². The zero-order valence-corrected chi connectivity index (χ0v) is 12.7. The van der Waals surface area contributed by atoms with E-state index in [1.807, 2.05) is 0 Å². The molecule has 6 nitrogen and oxygen atoms in total. The first kappa shape index (κ1) is 16.7. The predicted molar refractivity (Wildman–Crippen MR) is 74.7 cm³/mol. The van der Waals surface area contributed by atoms with Gasteiger partial charge in [0.05, 0.1) is 23.4 Å². The van der Waals surface area contributed by atoms with Gasteiger partial charge in [-0.3, -0.25) is 4.79 Å². The molecule has 1 N–H and O–H groups in total. The van der Waals surface area contributed by atoms with Crippen molar-refractivity contribution in [2.75, 3.05) is 20.2 Å². The molecule has 0 aromatic heterocycles. The van der Waals surface area contributed by atoms with Crippen LogP contribution in [0.25, 0.3) is 0 Å². The van der Waals surface area contributed by atoms with Gasteiger partial charge in [0.15, 0.2) is 0 Å². The Morgan fingerprint density at radius 1 is 1.45 bits per heavy atom. The zero-order valence-electron chi connectivity index (χ0n) is 11.2. The van der Waals surface area contributed by atoms with Crippen LogP contribution in [0.5, 0.6) is 5.75 Å². The van der Waals surface area contributed by atoms with Crippen LogP contribution in [0.15, 0.2) is 23.1 Å². The van der Waals surface area contributed by atoms with Crippen molar-refractivity contribution < 1.29 is 23.1 Å². The molecule has 0 saturated carbocycles. The fourth-order valence-electron chi connectivity index (χ4n) is 1.62. The molecule has 0 aliphatic heterocycles. The fourth-order valence-corrected chi connectivity index (χ4v) is 3.28. The molecule has 0 aliphatic rings. The number of methoxy groups -OCH3 is 1. The minimum atomic E-state index is -3.76. The summed E-state index contributed by atoms with van der Waals surface area (Å²) in [6.07, 6.45) is -0.252. The standard InChI is InChI=1S/C12H16ClNO5S/c1-3-14(7-6-12(15)16)20(17,18)9-4-5-10(13)11(8-9)19-2/h4-5,8H,3,6-7H2,1-2H3,(H,15,16). The molecule has 1 aromatic rings. The molecule has 0 radical (unpaired) electrons. The van der Waals surface area contributed by atoms with Crippen LogP contribution in [0.4, 0.5) is 0 Å². The van der Waals surface area contributed by atoms with E-state index in [4.69, 9.17) is 21.4 Å². The minimum absolute atomic E-state index is 0.0194. The normalized spacial score (nSPS) is 11.6. The third-order valence-electron chi connectivity index (χ3n) is 2.69. The third-order valence-corrected chi connectivity index (χ3v) is 4.97. The number of hydrogen-bond donors (Lipinski definition) is 1. The number of carbonyl (C=O) groups is 1. The summed E-state index contributed by atoms with van der Waals surface area (Å²) in [6, 6.07) is 4.11. The summed E-state index contributed by atoms with van der Waals surface area (Å²) in [7, 11) is -2.38. The Morgan fingerprint density at radius 3 is 2.60 bits per heavy atom. The molecule has 0 saturated heterocycles. The summed E-state index contributed by atoms with van der Waals surface area (Å²) in [5.74, 6) is -0.797. The van der Waals surface area contributed by atoms with Gasteiger partial charge in [0.1, 0.15) is 5.75 Å². The van der Waals surface area contributed by atoms with Gasteiger partial charge in [0, 0.05) is 19.2 Å². The summed E-state index contributed by atoms with van der Waals surface area (Å²) < 4.78 is 30.9. The molecule has 0 spiro atoms. The molecular formula is C12H16ClNO5S. The lowest BCUT2D eigenvalue weighted by Crippen LogP contribution is -2.32. The highest BCUT2D eigenvalue weighted by Crippen LogP contribution is 2.28. The monoisotopic (exact) mass is 321 g/mol. The maximum absolute atomic E-state index is 12.4. The number of sulfonamides is 1. The third kappa shape index (κ3) is 3.84. The summed E-state index contributed by atoms with van der Waals surface area (Å²) in [5, 5.41) is 8.96. The lowest BCUT2D eigenvalue weighted by atomic mass is 10.3. The molecule has 0 heterocycles. The smallest absolute Gasteiger partial charge is 0.304 e. The van der Waals surface area contributed by atoms with E-state index in [9.17, 15) is 13.2 Å². The second kappa shape index (κ2) is 6.92. The van der Waals surface area contributed by atoms with Crippen LogP contribution in [0.2, 0.25) is 5.02 Å². The Morgan fingerprint density at radius 2 is 2.10 bits per heavy atom. The molecule has 8 heteroatoms. The Hall–Kier alpha value is -1.31. The number of carboxylic acids is 1. The summed E-state index contributed by atoms with van der Waals surface area (Å²) >= 11 is 5.85. The van der Waals surface area contributed by atoms with Gasteiger partial charge in [-0.2, -0.15) is 4.31 Å². The largest absolute Gasteiger partial charge is 0.495 e. The van der Waals surface area contributed by atoms with Crippen molar-refractivity contribution in [2.45, 2.75) is 18.2 Å². The molecule has 1 rings (SSSR count). The first-order valence-electron chi connectivity index (χ1n) is 5.88. The minimum Gasteiger partial charge on any atom is -0.495 e. The Balaban J connectivity index is 3.10. The van der Waals surface area contributed by atoms with Crippen LogP contribution in [-0.4, -0.2) is 44.0 Å². The van der Waals surface area contributed by atoms with E-state index in [-0.39, 0.29) is 30.2 Å². The molecule has 112 valence electrons. The Bertz CT molecular complexity index is 588. The Kier molecular flexibility index (Phi) is 5.79. The molecule has 0 bridgehead atoms. The average Bonchev–Trinajstić information content (AvgIpc) is 2.39. The van der Waals surface area contributed by atoms with Gasteiger partial charge in [-0.15, -0.1) is 0 Å². The van der Waals surface area contributed by atoms with Crippen LogP contribution >= 0.6 is 11.6 Å². The number of rotatable bonds is 7. The molecule has 0 amide bonds. The first-order chi connectivity index (χ1) is 9.32. The maximum atomic E-state index is 12.4.